The Morgan fingerprint density at radius 2 is 2.22 bits per heavy atom. The van der Waals surface area contributed by atoms with E-state index in [0.717, 1.165) is 12.8 Å². The van der Waals surface area contributed by atoms with E-state index in [-0.39, 0.29) is 12.5 Å². The van der Waals surface area contributed by atoms with E-state index in [1.807, 2.05) is 11.4 Å². The fourth-order valence-electron chi connectivity index (χ4n) is 2.22. The Morgan fingerprint density at radius 1 is 1.44 bits per heavy atom. The van der Waals surface area contributed by atoms with E-state index in [0.29, 0.717) is 16.5 Å². The van der Waals surface area contributed by atoms with Crippen molar-refractivity contribution in [2.45, 2.75) is 38.1 Å². The molecule has 18 heavy (non-hydrogen) atoms. The number of carbonyl (C=O) groups excluding carboxylic acids is 1. The molecule has 0 spiro atoms. The maximum Gasteiger partial charge on any atom is 0.262 e. The summed E-state index contributed by atoms with van der Waals surface area (Å²) in [7, 11) is 0. The molecule has 96 valence electrons. The van der Waals surface area contributed by atoms with Gasteiger partial charge in [-0.2, -0.15) is 0 Å². The molecule has 0 saturated heterocycles. The molecule has 1 amide bonds. The summed E-state index contributed by atoms with van der Waals surface area (Å²) in [4.78, 5) is 12.8. The van der Waals surface area contributed by atoms with Crippen molar-refractivity contribution in [1.29, 1.82) is 0 Å². The van der Waals surface area contributed by atoms with Crippen LogP contribution in [0.15, 0.2) is 11.4 Å². The van der Waals surface area contributed by atoms with Crippen molar-refractivity contribution in [3.05, 3.63) is 21.9 Å². The Hall–Kier alpha value is -1.31. The van der Waals surface area contributed by atoms with E-state index in [9.17, 15) is 4.79 Å². The van der Waals surface area contributed by atoms with Crippen LogP contribution in [-0.4, -0.2) is 23.7 Å². The van der Waals surface area contributed by atoms with Crippen molar-refractivity contribution >= 4 is 17.2 Å². The lowest BCUT2D eigenvalue weighted by atomic mass is 9.95. The molecule has 3 nitrogen and oxygen atoms in total. The van der Waals surface area contributed by atoms with Gasteiger partial charge in [0.05, 0.1) is 0 Å². The number of hydrogen-bond acceptors (Lipinski definition) is 3. The minimum atomic E-state index is -0.181. The molecule has 0 aromatic carbocycles. The summed E-state index contributed by atoms with van der Waals surface area (Å²) in [6.45, 7) is -0.181. The number of aliphatic hydroxyl groups is 1. The Balaban J connectivity index is 2.02. The highest BCUT2D eigenvalue weighted by molar-refractivity contribution is 7.12. The molecule has 2 N–H and O–H groups in total. The monoisotopic (exact) mass is 263 g/mol. The average molecular weight is 263 g/mol. The topological polar surface area (TPSA) is 49.3 Å². The van der Waals surface area contributed by atoms with Crippen molar-refractivity contribution in [2.75, 3.05) is 6.61 Å². The molecule has 1 fully saturated rings. The second-order valence-corrected chi connectivity index (χ2v) is 5.35. The van der Waals surface area contributed by atoms with Gasteiger partial charge >= 0.3 is 0 Å². The van der Waals surface area contributed by atoms with Gasteiger partial charge in [0.15, 0.2) is 0 Å². The van der Waals surface area contributed by atoms with E-state index in [1.165, 1.54) is 30.6 Å². The van der Waals surface area contributed by atoms with Crippen molar-refractivity contribution in [1.82, 2.24) is 5.32 Å². The number of hydrogen-bond donors (Lipinski definition) is 2. The predicted octanol–water partition coefficient (Wildman–Crippen LogP) is 2.15. The second kappa shape index (κ2) is 6.58. The van der Waals surface area contributed by atoms with Gasteiger partial charge in [-0.25, -0.2) is 0 Å². The van der Waals surface area contributed by atoms with Crippen LogP contribution in [0.1, 0.15) is 47.3 Å². The van der Waals surface area contributed by atoms with Crippen molar-refractivity contribution in [3.8, 4) is 11.8 Å². The third-order valence-electron chi connectivity index (χ3n) is 3.11. The molecule has 2 rings (SSSR count). The van der Waals surface area contributed by atoms with Crippen LogP contribution < -0.4 is 5.32 Å². The zero-order valence-electron chi connectivity index (χ0n) is 10.2. The largest absolute Gasteiger partial charge is 0.384 e. The molecule has 1 aliphatic carbocycles. The van der Waals surface area contributed by atoms with Crippen LogP contribution in [-0.2, 0) is 0 Å². The summed E-state index contributed by atoms with van der Waals surface area (Å²) in [5, 5.41) is 13.6. The quantitative estimate of drug-likeness (QED) is 0.803. The van der Waals surface area contributed by atoms with Gasteiger partial charge in [0.2, 0.25) is 0 Å². The zero-order chi connectivity index (χ0) is 12.8. The van der Waals surface area contributed by atoms with Gasteiger partial charge in [0, 0.05) is 11.6 Å². The van der Waals surface area contributed by atoms with Crippen molar-refractivity contribution < 1.29 is 9.90 Å². The van der Waals surface area contributed by atoms with Crippen LogP contribution in [0.5, 0.6) is 0 Å². The van der Waals surface area contributed by atoms with Gasteiger partial charge in [-0.1, -0.05) is 31.1 Å². The van der Waals surface area contributed by atoms with Gasteiger partial charge in [-0.15, -0.1) is 11.3 Å². The minimum Gasteiger partial charge on any atom is -0.384 e. The molecule has 1 saturated carbocycles. The fourth-order valence-corrected chi connectivity index (χ4v) is 2.97. The van der Waals surface area contributed by atoms with Crippen LogP contribution in [0.25, 0.3) is 0 Å². The third kappa shape index (κ3) is 3.34. The van der Waals surface area contributed by atoms with Crippen LogP contribution in [0.3, 0.4) is 0 Å². The summed E-state index contributed by atoms with van der Waals surface area (Å²) in [5.41, 5.74) is 0.711. The normalized spacial score (nSPS) is 15.8. The molecule has 0 radical (unpaired) electrons. The van der Waals surface area contributed by atoms with Crippen LogP contribution in [0.2, 0.25) is 0 Å². The van der Waals surface area contributed by atoms with Crippen LogP contribution >= 0.6 is 11.3 Å². The Bertz CT molecular complexity index is 464. The highest BCUT2D eigenvalue weighted by Crippen LogP contribution is 2.20. The molecule has 1 aromatic rings. The Kier molecular flexibility index (Phi) is 4.80. The van der Waals surface area contributed by atoms with E-state index in [4.69, 9.17) is 5.11 Å². The van der Waals surface area contributed by atoms with Crippen LogP contribution in [0.4, 0.5) is 0 Å². The first-order chi connectivity index (χ1) is 8.81. The van der Waals surface area contributed by atoms with Crippen molar-refractivity contribution in [3.63, 3.8) is 0 Å². The summed E-state index contributed by atoms with van der Waals surface area (Å²) < 4.78 is 0. The first kappa shape index (κ1) is 13.1. The molecule has 0 atom stereocenters. The maximum absolute atomic E-state index is 12.1. The predicted molar refractivity (Wildman–Crippen MR) is 72.6 cm³/mol. The Labute approximate surface area is 111 Å². The lowest BCUT2D eigenvalue weighted by Gasteiger charge is -2.22. The zero-order valence-corrected chi connectivity index (χ0v) is 11.1. The lowest BCUT2D eigenvalue weighted by Crippen LogP contribution is -2.36. The van der Waals surface area contributed by atoms with E-state index < -0.39 is 0 Å². The molecule has 1 heterocycles. The first-order valence-corrected chi connectivity index (χ1v) is 7.17. The van der Waals surface area contributed by atoms with Gasteiger partial charge < -0.3 is 10.4 Å². The minimum absolute atomic E-state index is 0.0286. The van der Waals surface area contributed by atoms with E-state index >= 15 is 0 Å². The SMILES string of the molecule is O=C(NC1CCCCC1)c1sccc1C#CCO. The average Bonchev–Trinajstić information content (AvgIpc) is 2.86. The number of thiophene rings is 1. The van der Waals surface area contributed by atoms with Gasteiger partial charge in [-0.3, -0.25) is 4.79 Å². The number of carbonyl (C=O) groups is 1. The van der Waals surface area contributed by atoms with E-state index in [2.05, 4.69) is 17.2 Å². The molecule has 1 aliphatic rings. The van der Waals surface area contributed by atoms with Gasteiger partial charge in [0.25, 0.3) is 5.91 Å². The lowest BCUT2D eigenvalue weighted by molar-refractivity contribution is 0.0931. The van der Waals surface area contributed by atoms with Gasteiger partial charge in [0.1, 0.15) is 11.5 Å². The molecular formula is C14H17NO2S. The standard InChI is InChI=1S/C14H17NO2S/c16-9-4-5-11-8-10-18-13(11)14(17)15-12-6-2-1-3-7-12/h8,10,12,16H,1-3,6-7,9H2,(H,15,17). The molecule has 0 unspecified atom stereocenters. The van der Waals surface area contributed by atoms with E-state index in [1.54, 1.807) is 0 Å². The number of amides is 1. The molecular weight excluding hydrogens is 246 g/mol. The molecule has 4 heteroatoms. The van der Waals surface area contributed by atoms with Crippen LogP contribution in [0, 0.1) is 11.8 Å². The third-order valence-corrected chi connectivity index (χ3v) is 4.03. The molecule has 1 aromatic heterocycles. The number of aliphatic hydroxyl groups excluding tert-OH is 1. The van der Waals surface area contributed by atoms with Gasteiger partial charge in [-0.05, 0) is 24.3 Å². The van der Waals surface area contributed by atoms with Crippen molar-refractivity contribution in [2.24, 2.45) is 0 Å². The molecule has 0 aliphatic heterocycles. The summed E-state index contributed by atoms with van der Waals surface area (Å²) in [5.74, 6) is 5.36. The number of nitrogens with one attached hydrogen (secondary N) is 1. The maximum atomic E-state index is 12.1. The summed E-state index contributed by atoms with van der Waals surface area (Å²) in [6.07, 6.45) is 5.83. The smallest absolute Gasteiger partial charge is 0.262 e. The highest BCUT2D eigenvalue weighted by Gasteiger charge is 2.18. The number of rotatable bonds is 2. The second-order valence-electron chi connectivity index (χ2n) is 4.43. The summed E-state index contributed by atoms with van der Waals surface area (Å²) >= 11 is 1.40. The summed E-state index contributed by atoms with van der Waals surface area (Å²) in [6, 6.07) is 2.13. The highest BCUT2D eigenvalue weighted by atomic mass is 32.1. The Morgan fingerprint density at radius 3 is 2.94 bits per heavy atom. The first-order valence-electron chi connectivity index (χ1n) is 6.29. The molecule has 0 bridgehead atoms. The fraction of sp³-hybridized carbons (Fsp3) is 0.500.